The number of aryl methyl sites for hydroxylation is 1. The summed E-state index contributed by atoms with van der Waals surface area (Å²) in [5, 5.41) is 4.83. The average molecular weight is 276 g/mol. The maximum absolute atomic E-state index is 4.41. The lowest BCUT2D eigenvalue weighted by molar-refractivity contribution is 0.509. The molecule has 2 heterocycles. The molecule has 3 rings (SSSR count). The van der Waals surface area contributed by atoms with Crippen LogP contribution in [-0.2, 0) is 6.54 Å². The van der Waals surface area contributed by atoms with E-state index in [-0.39, 0.29) is 0 Å². The van der Waals surface area contributed by atoms with E-state index in [1.54, 1.807) is 11.3 Å². The maximum atomic E-state index is 4.41. The molecule has 0 saturated carbocycles. The first kappa shape index (κ1) is 12.2. The van der Waals surface area contributed by atoms with Gasteiger partial charge in [0, 0.05) is 28.6 Å². The van der Waals surface area contributed by atoms with Gasteiger partial charge >= 0.3 is 0 Å². The van der Waals surface area contributed by atoms with E-state index in [1.807, 2.05) is 18.0 Å². The highest BCUT2D eigenvalue weighted by molar-refractivity contribution is 7.99. The van der Waals surface area contributed by atoms with Gasteiger partial charge in [0.15, 0.2) is 0 Å². The molecule has 4 heteroatoms. The van der Waals surface area contributed by atoms with Gasteiger partial charge < -0.3 is 5.32 Å². The first-order valence-corrected chi connectivity index (χ1v) is 7.99. The van der Waals surface area contributed by atoms with Gasteiger partial charge in [-0.25, -0.2) is 4.98 Å². The van der Waals surface area contributed by atoms with E-state index in [4.69, 9.17) is 0 Å². The molecule has 1 aromatic carbocycles. The first-order chi connectivity index (χ1) is 8.83. The number of benzene rings is 1. The Balaban J connectivity index is 1.71. The van der Waals surface area contributed by atoms with Crippen molar-refractivity contribution in [3.63, 3.8) is 0 Å². The highest BCUT2D eigenvalue weighted by Gasteiger charge is 2.19. The Morgan fingerprint density at radius 3 is 3.11 bits per heavy atom. The van der Waals surface area contributed by atoms with Crippen LogP contribution >= 0.6 is 23.1 Å². The van der Waals surface area contributed by atoms with Crippen molar-refractivity contribution in [1.29, 1.82) is 0 Å². The third kappa shape index (κ3) is 2.60. The summed E-state index contributed by atoms with van der Waals surface area (Å²) in [5.41, 5.74) is 1.45. The summed E-state index contributed by atoms with van der Waals surface area (Å²) in [7, 11) is 0. The van der Waals surface area contributed by atoms with Crippen LogP contribution in [-0.4, -0.2) is 10.7 Å². The smallest absolute Gasteiger partial charge is 0.107 e. The molecule has 0 amide bonds. The minimum absolute atomic E-state index is 0.478. The molecule has 1 aliphatic rings. The molecule has 1 N–H and O–H groups in total. The summed E-state index contributed by atoms with van der Waals surface area (Å²) in [5.74, 6) is 1.20. The number of thioether (sulfide) groups is 1. The molecule has 1 unspecified atom stereocenters. The fraction of sp³-hybridized carbons (Fsp3) is 0.357. The van der Waals surface area contributed by atoms with Crippen LogP contribution in [0.5, 0.6) is 0 Å². The van der Waals surface area contributed by atoms with Crippen LogP contribution in [0.2, 0.25) is 0 Å². The molecule has 0 radical (unpaired) electrons. The molecule has 2 aromatic rings. The average Bonchev–Trinajstić information content (AvgIpc) is 2.82. The van der Waals surface area contributed by atoms with Gasteiger partial charge in [0.2, 0.25) is 0 Å². The SMILES string of the molecule is Cc1cnc(CNC2CCSc3ccccc32)s1. The lowest BCUT2D eigenvalue weighted by Gasteiger charge is -2.25. The molecule has 0 saturated heterocycles. The summed E-state index contributed by atoms with van der Waals surface area (Å²) in [4.78, 5) is 7.12. The molecule has 18 heavy (non-hydrogen) atoms. The number of fused-ring (bicyclic) bond motifs is 1. The molecule has 1 atom stereocenters. The highest BCUT2D eigenvalue weighted by atomic mass is 32.2. The molecular formula is C14H16N2S2. The van der Waals surface area contributed by atoms with Gasteiger partial charge in [-0.2, -0.15) is 0 Å². The van der Waals surface area contributed by atoms with Crippen LogP contribution in [0.1, 0.15) is 27.9 Å². The molecule has 1 aliphatic heterocycles. The standard InChI is InChI=1S/C14H16N2S2/c1-10-8-16-14(18-10)9-15-12-6-7-17-13-5-3-2-4-11(12)13/h2-5,8,12,15H,6-7,9H2,1H3. The van der Waals surface area contributed by atoms with Crippen LogP contribution in [0.15, 0.2) is 35.4 Å². The van der Waals surface area contributed by atoms with Gasteiger partial charge in [0.1, 0.15) is 5.01 Å². The van der Waals surface area contributed by atoms with Gasteiger partial charge in [-0.15, -0.1) is 23.1 Å². The minimum atomic E-state index is 0.478. The lowest BCUT2D eigenvalue weighted by atomic mass is 10.0. The molecule has 0 spiro atoms. The van der Waals surface area contributed by atoms with Gasteiger partial charge in [0.05, 0.1) is 0 Å². The third-order valence-electron chi connectivity index (χ3n) is 3.13. The first-order valence-electron chi connectivity index (χ1n) is 6.19. The Morgan fingerprint density at radius 1 is 1.39 bits per heavy atom. The summed E-state index contributed by atoms with van der Waals surface area (Å²) in [6.07, 6.45) is 3.15. The maximum Gasteiger partial charge on any atom is 0.107 e. The topological polar surface area (TPSA) is 24.9 Å². The Bertz CT molecular complexity index is 536. The highest BCUT2D eigenvalue weighted by Crippen LogP contribution is 2.35. The lowest BCUT2D eigenvalue weighted by Crippen LogP contribution is -2.24. The van der Waals surface area contributed by atoms with E-state index in [1.165, 1.54) is 32.5 Å². The Kier molecular flexibility index (Phi) is 3.68. The van der Waals surface area contributed by atoms with E-state index in [9.17, 15) is 0 Å². The van der Waals surface area contributed by atoms with E-state index < -0.39 is 0 Å². The van der Waals surface area contributed by atoms with Crippen molar-refractivity contribution in [1.82, 2.24) is 10.3 Å². The summed E-state index contributed by atoms with van der Waals surface area (Å²) >= 11 is 3.74. The predicted molar refractivity (Wildman–Crippen MR) is 78.2 cm³/mol. The van der Waals surface area contributed by atoms with Crippen LogP contribution in [0.4, 0.5) is 0 Å². The molecule has 2 nitrogen and oxygen atoms in total. The van der Waals surface area contributed by atoms with Crippen molar-refractivity contribution in [3.05, 3.63) is 45.9 Å². The van der Waals surface area contributed by atoms with Crippen molar-refractivity contribution < 1.29 is 0 Å². The normalized spacial score (nSPS) is 18.6. The van der Waals surface area contributed by atoms with Crippen molar-refractivity contribution in [3.8, 4) is 0 Å². The second-order valence-electron chi connectivity index (χ2n) is 4.47. The number of hydrogen-bond acceptors (Lipinski definition) is 4. The second-order valence-corrected chi connectivity index (χ2v) is 6.93. The number of thiazole rings is 1. The van der Waals surface area contributed by atoms with E-state index in [0.717, 1.165) is 6.54 Å². The van der Waals surface area contributed by atoms with Crippen LogP contribution in [0.3, 0.4) is 0 Å². The quantitative estimate of drug-likeness (QED) is 0.923. The summed E-state index contributed by atoms with van der Waals surface area (Å²) in [6, 6.07) is 9.20. The van der Waals surface area contributed by atoms with Crippen LogP contribution in [0, 0.1) is 6.92 Å². The van der Waals surface area contributed by atoms with Crippen molar-refractivity contribution >= 4 is 23.1 Å². The zero-order valence-corrected chi connectivity index (χ0v) is 12.0. The minimum Gasteiger partial charge on any atom is -0.303 e. The fourth-order valence-electron chi connectivity index (χ4n) is 2.25. The van der Waals surface area contributed by atoms with Crippen molar-refractivity contribution in [2.75, 3.05) is 5.75 Å². The largest absolute Gasteiger partial charge is 0.303 e. The fourth-order valence-corrected chi connectivity index (χ4v) is 4.11. The third-order valence-corrected chi connectivity index (χ3v) is 5.16. The molecule has 0 bridgehead atoms. The Labute approximate surface area is 116 Å². The zero-order valence-electron chi connectivity index (χ0n) is 10.3. The molecule has 0 aliphatic carbocycles. The van der Waals surface area contributed by atoms with Crippen LogP contribution in [0.25, 0.3) is 0 Å². The van der Waals surface area contributed by atoms with Crippen molar-refractivity contribution in [2.24, 2.45) is 0 Å². The summed E-state index contributed by atoms with van der Waals surface area (Å²) < 4.78 is 0. The number of hydrogen-bond donors (Lipinski definition) is 1. The Morgan fingerprint density at radius 2 is 2.28 bits per heavy atom. The van der Waals surface area contributed by atoms with E-state index >= 15 is 0 Å². The zero-order chi connectivity index (χ0) is 12.4. The van der Waals surface area contributed by atoms with Gasteiger partial charge in [-0.1, -0.05) is 18.2 Å². The van der Waals surface area contributed by atoms with Gasteiger partial charge in [0.25, 0.3) is 0 Å². The molecule has 94 valence electrons. The van der Waals surface area contributed by atoms with Gasteiger partial charge in [-0.05, 0) is 30.7 Å². The van der Waals surface area contributed by atoms with Crippen LogP contribution < -0.4 is 5.32 Å². The second kappa shape index (κ2) is 5.43. The summed E-state index contributed by atoms with van der Waals surface area (Å²) in [6.45, 7) is 2.98. The number of nitrogens with zero attached hydrogens (tertiary/aromatic N) is 1. The van der Waals surface area contributed by atoms with Crippen molar-refractivity contribution in [2.45, 2.75) is 30.8 Å². The number of rotatable bonds is 3. The number of nitrogens with one attached hydrogen (secondary N) is 1. The number of aromatic nitrogens is 1. The Hall–Kier alpha value is -0.840. The van der Waals surface area contributed by atoms with E-state index in [0.29, 0.717) is 6.04 Å². The predicted octanol–water partition coefficient (Wildman–Crippen LogP) is 3.78. The van der Waals surface area contributed by atoms with E-state index in [2.05, 4.69) is 41.5 Å². The monoisotopic (exact) mass is 276 g/mol. The molecule has 0 fully saturated rings. The molecular weight excluding hydrogens is 260 g/mol. The van der Waals surface area contributed by atoms with Gasteiger partial charge in [-0.3, -0.25) is 0 Å². The molecule has 1 aromatic heterocycles.